The number of hydrogen-bond acceptors (Lipinski definition) is 5. The van der Waals surface area contributed by atoms with E-state index in [2.05, 4.69) is 4.18 Å². The normalized spacial score (nSPS) is 33.4. The molecule has 1 fully saturated rings. The average molecular weight is 296 g/mol. The van der Waals surface area contributed by atoms with Crippen molar-refractivity contribution in [1.82, 2.24) is 0 Å². The zero-order valence-electron chi connectivity index (χ0n) is 9.52. The van der Waals surface area contributed by atoms with Crippen molar-refractivity contribution >= 4 is 22.2 Å². The smallest absolute Gasteiger partial charge is 0.360 e. The Morgan fingerprint density at radius 1 is 1.32 bits per heavy atom. The van der Waals surface area contributed by atoms with E-state index in [1.54, 1.807) is 6.08 Å². The maximum Gasteiger partial charge on any atom is 0.534 e. The van der Waals surface area contributed by atoms with E-state index in [-0.39, 0.29) is 11.8 Å². The Morgan fingerprint density at radius 2 is 1.89 bits per heavy atom. The molecule has 0 spiro atoms. The molecule has 0 heterocycles. The molecule has 5 nitrogen and oxygen atoms in total. The van der Waals surface area contributed by atoms with Crippen LogP contribution in [-0.4, -0.2) is 26.0 Å². The Hall–Kier alpha value is -1.38. The summed E-state index contributed by atoms with van der Waals surface area (Å²) in [5.74, 6) is -2.52. The lowest BCUT2D eigenvalue weighted by Gasteiger charge is -2.24. The fourth-order valence-corrected chi connectivity index (χ4v) is 3.12. The van der Waals surface area contributed by atoms with Crippen LogP contribution >= 0.6 is 0 Å². The van der Waals surface area contributed by atoms with Gasteiger partial charge in [0.25, 0.3) is 0 Å². The van der Waals surface area contributed by atoms with Crippen LogP contribution in [-0.2, 0) is 14.3 Å². The lowest BCUT2D eigenvalue weighted by atomic mass is 9.84. The van der Waals surface area contributed by atoms with Gasteiger partial charge in [-0.15, -0.1) is 0 Å². The highest BCUT2D eigenvalue weighted by Crippen LogP contribution is 2.48. The first-order chi connectivity index (χ1) is 8.67. The van der Waals surface area contributed by atoms with E-state index in [9.17, 15) is 21.6 Å². The van der Waals surface area contributed by atoms with E-state index in [1.807, 2.05) is 6.08 Å². The van der Waals surface area contributed by atoms with Crippen molar-refractivity contribution in [3.05, 3.63) is 12.2 Å². The van der Waals surface area contributed by atoms with Crippen LogP contribution in [0.5, 0.6) is 0 Å². The Morgan fingerprint density at radius 3 is 2.42 bits per heavy atom. The van der Waals surface area contributed by atoms with Gasteiger partial charge in [-0.1, -0.05) is 12.2 Å². The molecule has 9 heteroatoms. The summed E-state index contributed by atoms with van der Waals surface area (Å²) in [5, 5.41) is 14.7. The Labute approximate surface area is 107 Å². The number of allylic oxidation sites excluding steroid dienone is 2. The van der Waals surface area contributed by atoms with E-state index < -0.39 is 33.4 Å². The van der Waals surface area contributed by atoms with Crippen LogP contribution in [0, 0.1) is 34.5 Å². The molecule has 0 saturated heterocycles. The summed E-state index contributed by atoms with van der Waals surface area (Å²) < 4.78 is 62.1. The molecular formula is C10H11F3N2O3S. The van der Waals surface area contributed by atoms with Crippen molar-refractivity contribution in [3.63, 3.8) is 0 Å². The summed E-state index contributed by atoms with van der Waals surface area (Å²) in [4.78, 5) is 0. The van der Waals surface area contributed by atoms with Crippen LogP contribution in [0.25, 0.3) is 0 Å². The van der Waals surface area contributed by atoms with Gasteiger partial charge in [-0.2, -0.15) is 21.6 Å². The predicted octanol–water partition coefficient (Wildman–Crippen LogP) is 1.92. The third-order valence-electron chi connectivity index (χ3n) is 3.50. The van der Waals surface area contributed by atoms with Gasteiger partial charge in [-0.25, -0.2) is 0 Å². The van der Waals surface area contributed by atoms with Gasteiger partial charge in [-0.05, 0) is 24.5 Å². The highest BCUT2D eigenvalue weighted by atomic mass is 32.2. The van der Waals surface area contributed by atoms with Crippen molar-refractivity contribution in [3.8, 4) is 0 Å². The summed E-state index contributed by atoms with van der Waals surface area (Å²) >= 11 is 0. The number of rotatable bonds is 3. The molecule has 106 valence electrons. The molecule has 19 heavy (non-hydrogen) atoms. The fourth-order valence-electron chi connectivity index (χ4n) is 2.68. The standard InChI is InChI=1S/C10H11F3N2O3S/c11-10(12,13)19(16,17)18-9(15)8-6-2-1-5(3-6)7(8)4-14/h1-2,4-8,14-15H,3H2. The minimum absolute atomic E-state index is 0.0370. The average Bonchev–Trinajstić information content (AvgIpc) is 2.85. The molecule has 0 radical (unpaired) electrons. The first-order valence-corrected chi connectivity index (χ1v) is 6.86. The molecule has 0 aliphatic heterocycles. The van der Waals surface area contributed by atoms with Gasteiger partial charge >= 0.3 is 15.6 Å². The molecule has 1 saturated carbocycles. The molecule has 4 atom stereocenters. The summed E-state index contributed by atoms with van der Waals surface area (Å²) in [6.45, 7) is 0. The van der Waals surface area contributed by atoms with Crippen molar-refractivity contribution < 1.29 is 25.8 Å². The largest absolute Gasteiger partial charge is 0.534 e. The lowest BCUT2D eigenvalue weighted by Crippen LogP contribution is -2.35. The first-order valence-electron chi connectivity index (χ1n) is 5.45. The second kappa shape index (κ2) is 4.32. The van der Waals surface area contributed by atoms with Gasteiger partial charge in [0.2, 0.25) is 5.90 Å². The van der Waals surface area contributed by atoms with Crippen LogP contribution in [0.1, 0.15) is 6.42 Å². The van der Waals surface area contributed by atoms with Crippen LogP contribution in [0.3, 0.4) is 0 Å². The van der Waals surface area contributed by atoms with Crippen LogP contribution in [0.4, 0.5) is 13.2 Å². The summed E-state index contributed by atoms with van der Waals surface area (Å²) in [6, 6.07) is 0. The summed E-state index contributed by atoms with van der Waals surface area (Å²) in [7, 11) is -5.81. The van der Waals surface area contributed by atoms with E-state index in [1.165, 1.54) is 0 Å². The molecule has 2 aliphatic carbocycles. The number of halogens is 3. The molecule has 0 aromatic carbocycles. The Balaban J connectivity index is 2.18. The van der Waals surface area contributed by atoms with E-state index in [4.69, 9.17) is 10.8 Å². The highest BCUT2D eigenvalue weighted by Gasteiger charge is 2.52. The highest BCUT2D eigenvalue weighted by molar-refractivity contribution is 7.88. The number of alkyl halides is 3. The maximum absolute atomic E-state index is 12.2. The van der Waals surface area contributed by atoms with Crippen molar-refractivity contribution in [2.45, 2.75) is 11.9 Å². The number of fused-ring (bicyclic) bond motifs is 2. The van der Waals surface area contributed by atoms with Crippen molar-refractivity contribution in [2.75, 3.05) is 0 Å². The summed E-state index contributed by atoms with van der Waals surface area (Å²) in [5.41, 5.74) is -5.55. The molecule has 4 unspecified atom stereocenters. The quantitative estimate of drug-likeness (QED) is 0.274. The van der Waals surface area contributed by atoms with Gasteiger partial charge in [0.05, 0.1) is 5.92 Å². The minimum Gasteiger partial charge on any atom is -0.360 e. The molecule has 2 bridgehead atoms. The molecule has 2 aliphatic rings. The molecule has 2 N–H and O–H groups in total. The Kier molecular flexibility index (Phi) is 3.20. The van der Waals surface area contributed by atoms with Gasteiger partial charge in [0, 0.05) is 5.92 Å². The zero-order valence-corrected chi connectivity index (χ0v) is 10.3. The fraction of sp³-hybridized carbons (Fsp3) is 0.600. The van der Waals surface area contributed by atoms with Gasteiger partial charge < -0.3 is 9.59 Å². The lowest BCUT2D eigenvalue weighted by molar-refractivity contribution is -0.0507. The Bertz CT molecular complexity index is 541. The molecular weight excluding hydrogens is 285 g/mol. The van der Waals surface area contributed by atoms with E-state index in [0.717, 1.165) is 6.21 Å². The maximum atomic E-state index is 12.2. The third-order valence-corrected chi connectivity index (χ3v) is 4.46. The third kappa shape index (κ3) is 2.26. The molecule has 0 aromatic rings. The minimum atomic E-state index is -5.81. The van der Waals surface area contributed by atoms with Gasteiger partial charge in [0.15, 0.2) is 0 Å². The second-order valence-corrected chi connectivity index (χ2v) is 6.10. The zero-order chi connectivity index (χ0) is 14.4. The van der Waals surface area contributed by atoms with Gasteiger partial charge in [0.1, 0.15) is 0 Å². The van der Waals surface area contributed by atoms with Crippen molar-refractivity contribution in [2.24, 2.45) is 23.7 Å². The molecule has 0 amide bonds. The first kappa shape index (κ1) is 14.0. The monoisotopic (exact) mass is 296 g/mol. The molecule has 2 rings (SSSR count). The molecule has 0 aromatic heterocycles. The second-order valence-electron chi connectivity index (χ2n) is 4.57. The van der Waals surface area contributed by atoms with Crippen LogP contribution in [0.2, 0.25) is 0 Å². The van der Waals surface area contributed by atoms with Crippen molar-refractivity contribution in [1.29, 1.82) is 10.8 Å². The summed E-state index contributed by atoms with van der Waals surface area (Å²) in [6.07, 6.45) is 5.20. The number of nitrogens with one attached hydrogen (secondary N) is 2. The van der Waals surface area contributed by atoms with E-state index >= 15 is 0 Å². The predicted molar refractivity (Wildman–Crippen MR) is 60.3 cm³/mol. The van der Waals surface area contributed by atoms with Crippen LogP contribution < -0.4 is 0 Å². The van der Waals surface area contributed by atoms with Gasteiger partial charge in [-0.3, -0.25) is 5.41 Å². The van der Waals surface area contributed by atoms with Crippen LogP contribution in [0.15, 0.2) is 12.2 Å². The van der Waals surface area contributed by atoms with E-state index in [0.29, 0.717) is 6.42 Å². The topological polar surface area (TPSA) is 91.1 Å². The number of hydrogen-bond donors (Lipinski definition) is 2. The SMILES string of the molecule is N=CC1C2C=CC(C2)C1C(=N)OS(=O)(=O)C(F)(F)F.